The monoisotopic (exact) mass is 741 g/mol. The fraction of sp³-hybridized carbons (Fsp3) is 0. The van der Waals surface area contributed by atoms with Crippen LogP contribution in [0.15, 0.2) is 177 Å². The molecule has 268 valence electrons. The predicted octanol–water partition coefficient (Wildman–Crippen LogP) is 14.4. The van der Waals surface area contributed by atoms with E-state index in [0.717, 1.165) is 120 Å². The Morgan fingerprint density at radius 3 is 1.62 bits per heavy atom. The van der Waals surface area contributed by atoms with Crippen molar-refractivity contribution in [2.24, 2.45) is 0 Å². The maximum atomic E-state index is 6.96. The Hall–Kier alpha value is -7.96. The quantitative estimate of drug-likeness (QED) is 0.176. The molecule has 0 aliphatic heterocycles. The Labute approximate surface area is 327 Å². The highest BCUT2D eigenvalue weighted by atomic mass is 16.3. The first kappa shape index (κ1) is 30.3. The van der Waals surface area contributed by atoms with Crippen LogP contribution in [-0.2, 0) is 0 Å². The van der Waals surface area contributed by atoms with Crippen LogP contribution >= 0.6 is 0 Å². The molecule has 58 heavy (non-hydrogen) atoms. The second kappa shape index (κ2) is 10.9. The minimum atomic E-state index is 0.513. The summed E-state index contributed by atoms with van der Waals surface area (Å²) in [4.78, 5) is 11.1. The molecule has 5 aromatic heterocycles. The average Bonchev–Trinajstić information content (AvgIpc) is 4.05. The van der Waals surface area contributed by atoms with Crippen LogP contribution in [0, 0.1) is 0 Å². The maximum absolute atomic E-state index is 6.96. The Morgan fingerprint density at radius 2 is 0.897 bits per heavy atom. The lowest BCUT2D eigenvalue weighted by atomic mass is 9.97. The van der Waals surface area contributed by atoms with Gasteiger partial charge in [-0.3, -0.25) is 4.57 Å². The normalized spacial score (nSPS) is 12.5. The second-order valence-corrected chi connectivity index (χ2v) is 15.2. The minimum absolute atomic E-state index is 0.513. The zero-order valence-electron chi connectivity index (χ0n) is 30.7. The Bertz CT molecular complexity index is 4110. The highest BCUT2D eigenvalue weighted by Crippen LogP contribution is 2.48. The second-order valence-electron chi connectivity index (χ2n) is 15.2. The largest absolute Gasteiger partial charge is 0.455 e. The molecule has 5 heterocycles. The van der Waals surface area contributed by atoms with Crippen molar-refractivity contribution in [3.8, 4) is 17.2 Å². The van der Waals surface area contributed by atoms with Crippen LogP contribution in [0.4, 0.5) is 0 Å². The SMILES string of the molecule is c1ccc2c(c1)cc(-c1nc(-n3c4ccc5ccccc5c4c4c5ccccc5c5c6ccccc6oc5c43)nc3c1oc1ccccc13)c1oc3ccccc3c12. The summed E-state index contributed by atoms with van der Waals surface area (Å²) >= 11 is 0. The van der Waals surface area contributed by atoms with E-state index < -0.39 is 0 Å². The molecular formula is C52H27N3O3. The van der Waals surface area contributed by atoms with Crippen molar-refractivity contribution in [2.75, 3.05) is 0 Å². The summed E-state index contributed by atoms with van der Waals surface area (Å²) in [6.07, 6.45) is 0. The van der Waals surface area contributed by atoms with Crippen molar-refractivity contribution >= 4 is 120 Å². The van der Waals surface area contributed by atoms with Gasteiger partial charge in [-0.05, 0) is 68.7 Å². The minimum Gasteiger partial charge on any atom is -0.455 e. The molecule has 14 rings (SSSR count). The number of rotatable bonds is 2. The molecule has 0 spiro atoms. The number of nitrogens with zero attached hydrogens (tertiary/aromatic N) is 3. The van der Waals surface area contributed by atoms with Gasteiger partial charge in [0.15, 0.2) is 11.2 Å². The van der Waals surface area contributed by atoms with E-state index in [9.17, 15) is 0 Å². The van der Waals surface area contributed by atoms with Gasteiger partial charge in [0, 0.05) is 43.3 Å². The molecule has 0 bridgehead atoms. The van der Waals surface area contributed by atoms with Crippen molar-refractivity contribution in [3.05, 3.63) is 164 Å². The van der Waals surface area contributed by atoms with Crippen molar-refractivity contribution < 1.29 is 13.3 Å². The summed E-state index contributed by atoms with van der Waals surface area (Å²) in [5, 5.41) is 14.2. The molecule has 0 aliphatic rings. The predicted molar refractivity (Wildman–Crippen MR) is 236 cm³/mol. The highest BCUT2D eigenvalue weighted by Gasteiger charge is 2.28. The van der Waals surface area contributed by atoms with E-state index in [-0.39, 0.29) is 0 Å². The Balaban J connectivity index is 1.23. The first-order valence-corrected chi connectivity index (χ1v) is 19.5. The van der Waals surface area contributed by atoms with Gasteiger partial charge in [0.05, 0.1) is 5.52 Å². The molecular weight excluding hydrogens is 715 g/mol. The molecule has 6 heteroatoms. The lowest BCUT2D eigenvalue weighted by molar-refractivity contribution is 0.662. The van der Waals surface area contributed by atoms with Crippen molar-refractivity contribution in [3.63, 3.8) is 0 Å². The molecule has 0 atom stereocenters. The van der Waals surface area contributed by atoms with Crippen LogP contribution in [0.2, 0.25) is 0 Å². The maximum Gasteiger partial charge on any atom is 0.236 e. The summed E-state index contributed by atoms with van der Waals surface area (Å²) in [5.41, 5.74) is 8.67. The summed E-state index contributed by atoms with van der Waals surface area (Å²) < 4.78 is 22.7. The van der Waals surface area contributed by atoms with E-state index >= 15 is 0 Å². The molecule has 0 amide bonds. The molecule has 6 nitrogen and oxygen atoms in total. The number of hydrogen-bond donors (Lipinski definition) is 0. The number of fused-ring (bicyclic) bond motifs is 20. The summed E-state index contributed by atoms with van der Waals surface area (Å²) in [6, 6.07) is 57.0. The number of benzene rings is 9. The first-order valence-electron chi connectivity index (χ1n) is 19.5. The average molecular weight is 742 g/mol. The van der Waals surface area contributed by atoms with Crippen LogP contribution in [0.3, 0.4) is 0 Å². The van der Waals surface area contributed by atoms with Crippen molar-refractivity contribution in [1.82, 2.24) is 14.5 Å². The zero-order valence-corrected chi connectivity index (χ0v) is 30.7. The van der Waals surface area contributed by atoms with Gasteiger partial charge in [-0.1, -0.05) is 127 Å². The number of aromatic nitrogens is 3. The molecule has 14 aromatic rings. The fourth-order valence-corrected chi connectivity index (χ4v) is 9.76. The van der Waals surface area contributed by atoms with Gasteiger partial charge >= 0.3 is 0 Å². The lowest BCUT2D eigenvalue weighted by Crippen LogP contribution is -2.03. The van der Waals surface area contributed by atoms with Crippen molar-refractivity contribution in [2.45, 2.75) is 0 Å². The van der Waals surface area contributed by atoms with Gasteiger partial charge < -0.3 is 13.3 Å². The van der Waals surface area contributed by atoms with Crippen LogP contribution < -0.4 is 0 Å². The van der Waals surface area contributed by atoms with E-state index in [1.807, 2.05) is 36.4 Å². The van der Waals surface area contributed by atoms with Crippen LogP contribution in [-0.4, -0.2) is 14.5 Å². The van der Waals surface area contributed by atoms with Gasteiger partial charge in [-0.2, -0.15) is 0 Å². The van der Waals surface area contributed by atoms with Gasteiger partial charge in [-0.25, -0.2) is 9.97 Å². The topological polar surface area (TPSA) is 70.1 Å². The fourth-order valence-electron chi connectivity index (χ4n) is 9.76. The molecule has 0 aliphatic carbocycles. The Morgan fingerprint density at radius 1 is 0.379 bits per heavy atom. The van der Waals surface area contributed by atoms with Crippen LogP contribution in [0.1, 0.15) is 0 Å². The van der Waals surface area contributed by atoms with E-state index in [1.54, 1.807) is 0 Å². The highest BCUT2D eigenvalue weighted by molar-refractivity contribution is 6.38. The molecule has 0 fully saturated rings. The van der Waals surface area contributed by atoms with Gasteiger partial charge in [0.25, 0.3) is 0 Å². The number of hydrogen-bond acceptors (Lipinski definition) is 5. The Kier molecular flexibility index (Phi) is 5.68. The third-order valence-corrected chi connectivity index (χ3v) is 12.2. The van der Waals surface area contributed by atoms with Crippen LogP contribution in [0.25, 0.3) is 137 Å². The smallest absolute Gasteiger partial charge is 0.236 e. The number of para-hydroxylation sites is 3. The van der Waals surface area contributed by atoms with E-state index in [1.165, 1.54) is 0 Å². The molecule has 0 saturated carbocycles. The third-order valence-electron chi connectivity index (χ3n) is 12.2. The third kappa shape index (κ3) is 3.81. The lowest BCUT2D eigenvalue weighted by Gasteiger charge is -2.11. The van der Waals surface area contributed by atoms with Crippen LogP contribution in [0.5, 0.6) is 0 Å². The summed E-state index contributed by atoms with van der Waals surface area (Å²) in [6.45, 7) is 0. The first-order chi connectivity index (χ1) is 28.8. The van der Waals surface area contributed by atoms with Gasteiger partial charge in [-0.15, -0.1) is 0 Å². The summed E-state index contributed by atoms with van der Waals surface area (Å²) in [5.74, 6) is 0.513. The van der Waals surface area contributed by atoms with E-state index in [0.29, 0.717) is 17.2 Å². The standard InChI is InChI=1S/C52H27N3O3/c1-3-15-30-28(13-1)25-26-38-44(30)45-33-18-6-5-17-32(33)43-35-20-8-11-23-40(35)57-50(43)48(45)55(38)52-53-46-36-21-9-12-24-41(36)58-51(46)47(54-52)37-27-29-14-2-4-16-31(29)42-34-19-7-10-22-39(34)56-49(37)42/h1-27H. The summed E-state index contributed by atoms with van der Waals surface area (Å²) in [7, 11) is 0. The molecule has 0 unspecified atom stereocenters. The van der Waals surface area contributed by atoms with Gasteiger partial charge in [0.2, 0.25) is 5.95 Å². The molecule has 0 saturated heterocycles. The molecule has 9 aromatic carbocycles. The van der Waals surface area contributed by atoms with E-state index in [4.69, 9.17) is 23.2 Å². The number of furan rings is 3. The van der Waals surface area contributed by atoms with Crippen molar-refractivity contribution in [1.29, 1.82) is 0 Å². The molecule has 0 N–H and O–H groups in total. The molecule has 0 radical (unpaired) electrons. The van der Waals surface area contributed by atoms with E-state index in [2.05, 4.69) is 132 Å². The van der Waals surface area contributed by atoms with Gasteiger partial charge in [0.1, 0.15) is 39.1 Å². The zero-order chi connectivity index (χ0) is 37.6.